The topological polar surface area (TPSA) is 93.9 Å². The Morgan fingerprint density at radius 3 is 2.74 bits per heavy atom. The Labute approximate surface area is 186 Å². The number of hydrogen-bond acceptors (Lipinski definition) is 5. The molecule has 2 aromatic rings. The fraction of sp³-hybridized carbons (Fsp3) is 0.304. The standard InChI is InChI=1S/C23H26ClN3O4/c1-30-20-13-15(12-17(24)22(20)31-2)9-10-21(28)26-18-7-4-3-6-16(18)14-27-11-5-8-19(27)23(25)29/h3-4,6-7,9-10,12-13,19H,5,8,11,14H2,1-2H3,(H2,25,29)(H,26,28)/b10-9+. The number of para-hydroxylation sites is 1. The molecule has 8 heteroatoms. The number of carbonyl (C=O) groups excluding carboxylic acids is 2. The maximum absolute atomic E-state index is 12.5. The molecule has 7 nitrogen and oxygen atoms in total. The Balaban J connectivity index is 1.71. The third-order valence-corrected chi connectivity index (χ3v) is 5.50. The van der Waals surface area contributed by atoms with Crippen LogP contribution in [-0.4, -0.2) is 43.5 Å². The molecule has 3 N–H and O–H groups in total. The van der Waals surface area contributed by atoms with E-state index in [1.165, 1.54) is 20.3 Å². The highest BCUT2D eigenvalue weighted by molar-refractivity contribution is 6.32. The summed E-state index contributed by atoms with van der Waals surface area (Å²) < 4.78 is 10.5. The Hall–Kier alpha value is -3.03. The van der Waals surface area contributed by atoms with Crippen molar-refractivity contribution in [1.82, 2.24) is 4.90 Å². The molecule has 1 aliphatic heterocycles. The van der Waals surface area contributed by atoms with Crippen molar-refractivity contribution in [2.24, 2.45) is 5.73 Å². The summed E-state index contributed by atoms with van der Waals surface area (Å²) in [6.07, 6.45) is 4.77. The van der Waals surface area contributed by atoms with E-state index in [1.807, 2.05) is 24.3 Å². The predicted molar refractivity (Wildman–Crippen MR) is 121 cm³/mol. The number of carbonyl (C=O) groups is 2. The van der Waals surface area contributed by atoms with Crippen LogP contribution in [0, 0.1) is 0 Å². The average Bonchev–Trinajstić information content (AvgIpc) is 3.21. The van der Waals surface area contributed by atoms with Crippen LogP contribution in [-0.2, 0) is 16.1 Å². The van der Waals surface area contributed by atoms with E-state index in [4.69, 9.17) is 26.8 Å². The zero-order valence-electron chi connectivity index (χ0n) is 17.6. The SMILES string of the molecule is COc1cc(/C=C/C(=O)Nc2ccccc2CN2CCCC2C(N)=O)cc(Cl)c1OC. The number of anilines is 1. The van der Waals surface area contributed by atoms with Crippen LogP contribution in [0.2, 0.25) is 5.02 Å². The number of nitrogens with one attached hydrogen (secondary N) is 1. The predicted octanol–water partition coefficient (Wildman–Crippen LogP) is 3.46. The van der Waals surface area contributed by atoms with Gasteiger partial charge in [-0.1, -0.05) is 29.8 Å². The molecule has 0 saturated carbocycles. The van der Waals surface area contributed by atoms with Crippen molar-refractivity contribution in [2.45, 2.75) is 25.4 Å². The minimum atomic E-state index is -0.310. The van der Waals surface area contributed by atoms with Gasteiger partial charge in [0.15, 0.2) is 11.5 Å². The van der Waals surface area contributed by atoms with Crippen LogP contribution in [0.5, 0.6) is 11.5 Å². The first-order chi connectivity index (χ1) is 14.9. The van der Waals surface area contributed by atoms with Crippen molar-refractivity contribution in [3.8, 4) is 11.5 Å². The Bertz CT molecular complexity index is 993. The molecule has 0 bridgehead atoms. The largest absolute Gasteiger partial charge is 0.493 e. The van der Waals surface area contributed by atoms with Crippen LogP contribution in [0.4, 0.5) is 5.69 Å². The van der Waals surface area contributed by atoms with Crippen molar-refractivity contribution in [2.75, 3.05) is 26.1 Å². The lowest BCUT2D eigenvalue weighted by Gasteiger charge is -2.23. The molecule has 2 aromatic carbocycles. The minimum absolute atomic E-state index is 0.265. The fourth-order valence-electron chi connectivity index (χ4n) is 3.72. The lowest BCUT2D eigenvalue weighted by molar-refractivity contribution is -0.122. The summed E-state index contributed by atoms with van der Waals surface area (Å²) in [5.74, 6) is 0.327. The molecule has 1 atom stereocenters. The van der Waals surface area contributed by atoms with Gasteiger partial charge in [0.1, 0.15) is 0 Å². The molecule has 1 heterocycles. The summed E-state index contributed by atoms with van der Waals surface area (Å²) in [6.45, 7) is 1.34. The molecule has 0 aliphatic carbocycles. The van der Waals surface area contributed by atoms with Crippen LogP contribution < -0.4 is 20.5 Å². The van der Waals surface area contributed by atoms with E-state index < -0.39 is 0 Å². The summed E-state index contributed by atoms with van der Waals surface area (Å²) in [7, 11) is 3.03. The van der Waals surface area contributed by atoms with Crippen molar-refractivity contribution in [3.05, 3.63) is 58.6 Å². The van der Waals surface area contributed by atoms with Gasteiger partial charge < -0.3 is 20.5 Å². The average molecular weight is 444 g/mol. The zero-order chi connectivity index (χ0) is 22.4. The minimum Gasteiger partial charge on any atom is -0.493 e. The van der Waals surface area contributed by atoms with E-state index >= 15 is 0 Å². The molecule has 0 spiro atoms. The summed E-state index contributed by atoms with van der Waals surface area (Å²) >= 11 is 6.22. The Morgan fingerprint density at radius 2 is 2.03 bits per heavy atom. The van der Waals surface area contributed by atoms with Crippen LogP contribution in [0.1, 0.15) is 24.0 Å². The van der Waals surface area contributed by atoms with Crippen molar-refractivity contribution in [3.63, 3.8) is 0 Å². The van der Waals surface area contributed by atoms with Gasteiger partial charge in [-0.15, -0.1) is 0 Å². The van der Waals surface area contributed by atoms with Crippen molar-refractivity contribution < 1.29 is 19.1 Å². The lowest BCUT2D eigenvalue weighted by Crippen LogP contribution is -2.39. The molecule has 1 saturated heterocycles. The number of likely N-dealkylation sites (tertiary alicyclic amines) is 1. The third kappa shape index (κ3) is 5.57. The highest BCUT2D eigenvalue weighted by Gasteiger charge is 2.29. The number of nitrogens with zero attached hydrogens (tertiary/aromatic N) is 1. The number of methoxy groups -OCH3 is 2. The number of primary amides is 1. The van der Waals surface area contributed by atoms with Gasteiger partial charge in [-0.3, -0.25) is 14.5 Å². The monoisotopic (exact) mass is 443 g/mol. The third-order valence-electron chi connectivity index (χ3n) is 5.22. The molecule has 0 radical (unpaired) electrons. The second kappa shape index (κ2) is 10.3. The molecule has 2 amide bonds. The van der Waals surface area contributed by atoms with E-state index in [2.05, 4.69) is 10.2 Å². The van der Waals surface area contributed by atoms with E-state index in [0.717, 1.165) is 24.9 Å². The second-order valence-corrected chi connectivity index (χ2v) is 7.66. The normalized spacial score (nSPS) is 16.4. The van der Waals surface area contributed by atoms with Crippen LogP contribution >= 0.6 is 11.6 Å². The molecule has 164 valence electrons. The summed E-state index contributed by atoms with van der Waals surface area (Å²) in [4.78, 5) is 26.3. The van der Waals surface area contributed by atoms with E-state index in [0.29, 0.717) is 34.3 Å². The molecule has 3 rings (SSSR count). The second-order valence-electron chi connectivity index (χ2n) is 7.25. The number of rotatable bonds is 8. The number of hydrogen-bond donors (Lipinski definition) is 2. The first kappa shape index (κ1) is 22.7. The van der Waals surface area contributed by atoms with Gasteiger partial charge >= 0.3 is 0 Å². The van der Waals surface area contributed by atoms with Crippen LogP contribution in [0.15, 0.2) is 42.5 Å². The van der Waals surface area contributed by atoms with E-state index in [-0.39, 0.29) is 17.9 Å². The summed E-state index contributed by atoms with van der Waals surface area (Å²) in [5, 5.41) is 3.30. The Kier molecular flexibility index (Phi) is 7.55. The van der Waals surface area contributed by atoms with Crippen LogP contribution in [0.3, 0.4) is 0 Å². The Morgan fingerprint density at radius 1 is 1.26 bits per heavy atom. The molecule has 1 aliphatic rings. The maximum atomic E-state index is 12.5. The molecule has 1 fully saturated rings. The zero-order valence-corrected chi connectivity index (χ0v) is 18.3. The van der Waals surface area contributed by atoms with Gasteiger partial charge in [-0.2, -0.15) is 0 Å². The first-order valence-corrected chi connectivity index (χ1v) is 10.3. The molecular formula is C23H26ClN3O4. The van der Waals surface area contributed by atoms with Crippen molar-refractivity contribution >= 4 is 35.2 Å². The first-order valence-electron chi connectivity index (χ1n) is 9.94. The van der Waals surface area contributed by atoms with Gasteiger partial charge in [0, 0.05) is 18.3 Å². The highest BCUT2D eigenvalue weighted by atomic mass is 35.5. The van der Waals surface area contributed by atoms with E-state index in [1.54, 1.807) is 18.2 Å². The smallest absolute Gasteiger partial charge is 0.248 e. The van der Waals surface area contributed by atoms with Gasteiger partial charge in [-0.25, -0.2) is 0 Å². The lowest BCUT2D eigenvalue weighted by atomic mass is 10.1. The molecule has 1 unspecified atom stereocenters. The van der Waals surface area contributed by atoms with Gasteiger partial charge in [-0.05, 0) is 54.8 Å². The number of nitrogens with two attached hydrogens (primary N) is 1. The number of benzene rings is 2. The van der Waals surface area contributed by atoms with Gasteiger partial charge in [0.25, 0.3) is 0 Å². The summed E-state index contributed by atoms with van der Waals surface area (Å²) in [5.41, 5.74) is 7.84. The fourth-order valence-corrected chi connectivity index (χ4v) is 4.01. The number of amides is 2. The van der Waals surface area contributed by atoms with Crippen LogP contribution in [0.25, 0.3) is 6.08 Å². The molecular weight excluding hydrogens is 418 g/mol. The number of halogens is 1. The summed E-state index contributed by atoms with van der Waals surface area (Å²) in [6, 6.07) is 10.7. The van der Waals surface area contributed by atoms with Gasteiger partial charge in [0.2, 0.25) is 11.8 Å². The number of ether oxygens (including phenoxy) is 2. The maximum Gasteiger partial charge on any atom is 0.248 e. The van der Waals surface area contributed by atoms with Crippen molar-refractivity contribution in [1.29, 1.82) is 0 Å². The molecule has 31 heavy (non-hydrogen) atoms. The van der Waals surface area contributed by atoms with E-state index in [9.17, 15) is 9.59 Å². The van der Waals surface area contributed by atoms with Gasteiger partial charge in [0.05, 0.1) is 25.3 Å². The quantitative estimate of drug-likeness (QED) is 0.609. The highest BCUT2D eigenvalue weighted by Crippen LogP contribution is 2.36. The molecule has 0 aromatic heterocycles.